The first-order valence-electron chi connectivity index (χ1n) is 20.8. The van der Waals surface area contributed by atoms with Crippen LogP contribution in [-0.4, -0.2) is 106 Å². The SMILES string of the molecule is C=C1CCC(N2C(=O)c3cc4c(cc3C2=O)CN(CC2CN(C3CCN(c5cc(F)c([C@@H]6c7[nH]c8ccccc8c7C[C@@H](C)N6CC(F)F)c(F)c5)CC3)C2)C4)C(=O)N1. The second kappa shape index (κ2) is 14.6. The topological polar surface area (TPSA) is 95.2 Å². The molecular weight excluding hydrogens is 763 g/mol. The number of amides is 3. The summed E-state index contributed by atoms with van der Waals surface area (Å²) in [5.74, 6) is -2.18. The summed E-state index contributed by atoms with van der Waals surface area (Å²) in [4.78, 5) is 52.2. The number of benzene rings is 3. The number of H-pyrrole nitrogens is 1. The molecule has 3 atom stereocenters. The number of alkyl halides is 2. The first-order valence-corrected chi connectivity index (χ1v) is 20.8. The molecule has 7 heterocycles. The van der Waals surface area contributed by atoms with E-state index in [1.165, 1.54) is 17.0 Å². The summed E-state index contributed by atoms with van der Waals surface area (Å²) in [5, 5.41) is 3.62. The summed E-state index contributed by atoms with van der Waals surface area (Å²) >= 11 is 0. The van der Waals surface area contributed by atoms with E-state index >= 15 is 8.78 Å². The smallest absolute Gasteiger partial charge is 0.262 e. The molecule has 6 aliphatic rings. The molecule has 4 aromatic rings. The van der Waals surface area contributed by atoms with Gasteiger partial charge in [-0.05, 0) is 92.0 Å². The number of carbonyl (C=O) groups is 3. The monoisotopic (exact) mass is 809 g/mol. The van der Waals surface area contributed by atoms with Crippen molar-refractivity contribution >= 4 is 34.3 Å². The summed E-state index contributed by atoms with van der Waals surface area (Å²) in [5.41, 5.74) is 5.98. The number of piperidine rings is 2. The number of halogens is 4. The van der Waals surface area contributed by atoms with Crippen LogP contribution in [0.5, 0.6) is 0 Å². The highest BCUT2D eigenvalue weighted by Gasteiger charge is 2.46. The predicted octanol–water partition coefficient (Wildman–Crippen LogP) is 6.35. The van der Waals surface area contributed by atoms with Crippen molar-refractivity contribution in [2.75, 3.05) is 44.2 Å². The number of hydrogen-bond acceptors (Lipinski definition) is 7. The van der Waals surface area contributed by atoms with Crippen LogP contribution < -0.4 is 10.2 Å². The second-order valence-corrected chi connectivity index (χ2v) is 17.4. The molecule has 59 heavy (non-hydrogen) atoms. The van der Waals surface area contributed by atoms with Crippen LogP contribution >= 0.6 is 0 Å². The highest BCUT2D eigenvalue weighted by atomic mass is 19.3. The number of likely N-dealkylation sites (tertiary alicyclic amines) is 1. The maximum atomic E-state index is 16.3. The maximum Gasteiger partial charge on any atom is 0.262 e. The standard InChI is InChI=1S/C45H47F4N7O3/c1-24-7-8-38(43(57)50-24)56-44(58)33-14-27-21-52(22-28(27)15-34(33)45(56)59)18-26-19-54(20-26)29-9-11-53(12-10-29)30-16-35(46)40(36(47)17-30)42-41-32(13-25(2)55(42)23-39(48)49)31-5-3-4-6-37(31)51-41/h3-6,14-17,25-26,29,38-39,42,51H,1,7-13,18-23H2,2H3,(H,50,57)/t25-,38?,42-/m1/s1. The van der Waals surface area contributed by atoms with Gasteiger partial charge >= 0.3 is 0 Å². The van der Waals surface area contributed by atoms with Crippen molar-refractivity contribution in [3.8, 4) is 0 Å². The third-order valence-electron chi connectivity index (χ3n) is 13.7. The Balaban J connectivity index is 0.753. The molecule has 2 N–H and O–H groups in total. The molecule has 0 radical (unpaired) electrons. The Labute approximate surface area is 339 Å². The van der Waals surface area contributed by atoms with Crippen LogP contribution in [0.25, 0.3) is 10.9 Å². The molecule has 14 heteroatoms. The molecule has 3 fully saturated rings. The van der Waals surface area contributed by atoms with Gasteiger partial charge in [0.15, 0.2) is 0 Å². The zero-order chi connectivity index (χ0) is 40.9. The normalized spacial score (nSPS) is 24.6. The van der Waals surface area contributed by atoms with Crippen molar-refractivity contribution in [2.24, 2.45) is 5.92 Å². The van der Waals surface area contributed by atoms with E-state index in [-0.39, 0.29) is 17.5 Å². The zero-order valence-electron chi connectivity index (χ0n) is 33.0. The fourth-order valence-electron chi connectivity index (χ4n) is 10.8. The van der Waals surface area contributed by atoms with Gasteiger partial charge in [-0.3, -0.25) is 34.0 Å². The van der Waals surface area contributed by atoms with Crippen molar-refractivity contribution < 1.29 is 31.9 Å². The molecule has 308 valence electrons. The van der Waals surface area contributed by atoms with Crippen molar-refractivity contribution in [1.29, 1.82) is 0 Å². The summed E-state index contributed by atoms with van der Waals surface area (Å²) < 4.78 is 60.3. The van der Waals surface area contributed by atoms with Gasteiger partial charge in [-0.2, -0.15) is 0 Å². The number of imide groups is 1. The fraction of sp³-hybridized carbons (Fsp3) is 0.444. The van der Waals surface area contributed by atoms with Crippen LogP contribution in [0.3, 0.4) is 0 Å². The molecule has 0 bridgehead atoms. The third kappa shape index (κ3) is 6.54. The summed E-state index contributed by atoms with van der Waals surface area (Å²) in [6, 6.07) is 12.2. The molecule has 6 aliphatic heterocycles. The van der Waals surface area contributed by atoms with Gasteiger partial charge in [0.05, 0.1) is 23.7 Å². The van der Waals surface area contributed by atoms with Crippen LogP contribution in [0.1, 0.15) is 87.3 Å². The van der Waals surface area contributed by atoms with Gasteiger partial charge in [-0.25, -0.2) is 17.6 Å². The molecule has 0 aliphatic carbocycles. The molecular formula is C45H47F4N7O3. The number of fused-ring (bicyclic) bond motifs is 5. The van der Waals surface area contributed by atoms with Gasteiger partial charge < -0.3 is 15.2 Å². The molecule has 3 saturated heterocycles. The highest BCUT2D eigenvalue weighted by Crippen LogP contribution is 2.44. The largest absolute Gasteiger partial charge is 0.371 e. The summed E-state index contributed by atoms with van der Waals surface area (Å²) in [6.45, 7) is 10.5. The average molecular weight is 810 g/mol. The van der Waals surface area contributed by atoms with E-state index < -0.39 is 48.5 Å². The minimum absolute atomic E-state index is 0.202. The van der Waals surface area contributed by atoms with Crippen LogP contribution in [0.4, 0.5) is 23.2 Å². The molecule has 10 rings (SSSR count). The Morgan fingerprint density at radius 2 is 1.56 bits per heavy atom. The molecule has 1 unspecified atom stereocenters. The van der Waals surface area contributed by atoms with E-state index in [2.05, 4.69) is 26.7 Å². The van der Waals surface area contributed by atoms with Crippen molar-refractivity contribution in [3.05, 3.63) is 112 Å². The molecule has 0 saturated carbocycles. The number of nitrogens with one attached hydrogen (secondary N) is 2. The number of rotatable bonds is 8. The Kier molecular flexibility index (Phi) is 9.44. The van der Waals surface area contributed by atoms with Crippen LogP contribution in [0.2, 0.25) is 0 Å². The van der Waals surface area contributed by atoms with Crippen LogP contribution in [0, 0.1) is 17.6 Å². The third-order valence-corrected chi connectivity index (χ3v) is 13.7. The minimum Gasteiger partial charge on any atom is -0.371 e. The minimum atomic E-state index is -2.66. The van der Waals surface area contributed by atoms with Crippen molar-refractivity contribution in [2.45, 2.75) is 82.7 Å². The van der Waals surface area contributed by atoms with Crippen molar-refractivity contribution in [1.82, 2.24) is 29.9 Å². The summed E-state index contributed by atoms with van der Waals surface area (Å²) in [6.07, 6.45) is 0.445. The van der Waals surface area contributed by atoms with Gasteiger partial charge in [-0.1, -0.05) is 24.8 Å². The molecule has 10 nitrogen and oxygen atoms in total. The Morgan fingerprint density at radius 1 is 0.898 bits per heavy atom. The lowest BCUT2D eigenvalue weighted by Crippen LogP contribution is -2.57. The van der Waals surface area contributed by atoms with E-state index in [0.29, 0.717) is 85.6 Å². The fourth-order valence-corrected chi connectivity index (χ4v) is 10.8. The lowest BCUT2D eigenvalue weighted by Gasteiger charge is -2.48. The number of carbonyl (C=O) groups excluding carboxylic acids is 3. The van der Waals surface area contributed by atoms with E-state index in [0.717, 1.165) is 65.0 Å². The van der Waals surface area contributed by atoms with E-state index in [1.807, 2.05) is 48.2 Å². The number of allylic oxidation sites excluding steroid dienone is 1. The average Bonchev–Trinajstić information content (AvgIpc) is 3.83. The first-order chi connectivity index (χ1) is 28.4. The van der Waals surface area contributed by atoms with Gasteiger partial charge in [0.1, 0.15) is 17.7 Å². The quantitative estimate of drug-likeness (QED) is 0.158. The van der Waals surface area contributed by atoms with Crippen LogP contribution in [0.15, 0.2) is 60.8 Å². The van der Waals surface area contributed by atoms with Gasteiger partial charge in [0.2, 0.25) is 5.91 Å². The lowest BCUT2D eigenvalue weighted by molar-refractivity contribution is -0.125. The lowest BCUT2D eigenvalue weighted by atomic mass is 9.88. The van der Waals surface area contributed by atoms with Gasteiger partial charge in [0, 0.05) is 91.4 Å². The zero-order valence-corrected chi connectivity index (χ0v) is 33.0. The second-order valence-electron chi connectivity index (χ2n) is 17.4. The molecule has 1 aromatic heterocycles. The van der Waals surface area contributed by atoms with E-state index in [4.69, 9.17) is 0 Å². The van der Waals surface area contributed by atoms with E-state index in [1.54, 1.807) is 0 Å². The number of aromatic nitrogens is 1. The van der Waals surface area contributed by atoms with Crippen LogP contribution in [-0.2, 0) is 24.3 Å². The Bertz CT molecular complexity index is 2340. The number of aromatic amines is 1. The number of nitrogens with zero attached hydrogens (tertiary/aromatic N) is 5. The molecule has 0 spiro atoms. The predicted molar refractivity (Wildman–Crippen MR) is 214 cm³/mol. The number of hydrogen-bond donors (Lipinski definition) is 2. The summed E-state index contributed by atoms with van der Waals surface area (Å²) in [7, 11) is 0. The van der Waals surface area contributed by atoms with Crippen molar-refractivity contribution in [3.63, 3.8) is 0 Å². The maximum absolute atomic E-state index is 16.3. The molecule has 3 aromatic carbocycles. The number of anilines is 1. The van der Waals surface area contributed by atoms with Gasteiger partial charge in [-0.15, -0.1) is 0 Å². The Morgan fingerprint density at radius 3 is 2.20 bits per heavy atom. The molecule has 3 amide bonds. The van der Waals surface area contributed by atoms with E-state index in [9.17, 15) is 23.2 Å². The Hall–Kier alpha value is -5.05. The highest BCUT2D eigenvalue weighted by molar-refractivity contribution is 6.23. The number of para-hydroxylation sites is 1. The van der Waals surface area contributed by atoms with Gasteiger partial charge in [0.25, 0.3) is 18.2 Å². The first kappa shape index (κ1) is 38.2.